The second-order valence-corrected chi connectivity index (χ2v) is 6.18. The van der Waals surface area contributed by atoms with Crippen molar-refractivity contribution in [1.82, 2.24) is 4.98 Å². The van der Waals surface area contributed by atoms with Crippen molar-refractivity contribution in [3.8, 4) is 0 Å². The van der Waals surface area contributed by atoms with Crippen LogP contribution in [-0.4, -0.2) is 10.8 Å². The van der Waals surface area contributed by atoms with Crippen molar-refractivity contribution in [3.05, 3.63) is 29.6 Å². The Bertz CT molecular complexity index is 468. The van der Waals surface area contributed by atoms with Gasteiger partial charge in [-0.1, -0.05) is 32.3 Å². The minimum Gasteiger partial charge on any atom is -0.299 e. The summed E-state index contributed by atoms with van der Waals surface area (Å²) >= 11 is 0. The van der Waals surface area contributed by atoms with Crippen LogP contribution in [0, 0.1) is 11.8 Å². The van der Waals surface area contributed by atoms with Crippen LogP contribution in [0.2, 0.25) is 0 Å². The van der Waals surface area contributed by atoms with Crippen LogP contribution in [-0.2, 0) is 11.2 Å². The second kappa shape index (κ2) is 5.44. The summed E-state index contributed by atoms with van der Waals surface area (Å²) in [6.45, 7) is 2.25. The molecule has 1 saturated carbocycles. The Morgan fingerprint density at radius 3 is 3.11 bits per heavy atom. The average molecular weight is 257 g/mol. The van der Waals surface area contributed by atoms with E-state index in [-0.39, 0.29) is 5.92 Å². The van der Waals surface area contributed by atoms with Crippen molar-refractivity contribution in [2.75, 3.05) is 0 Å². The van der Waals surface area contributed by atoms with Gasteiger partial charge in [0.2, 0.25) is 0 Å². The molecule has 1 aromatic rings. The van der Waals surface area contributed by atoms with Gasteiger partial charge in [-0.25, -0.2) is 0 Å². The molecule has 3 unspecified atom stereocenters. The van der Waals surface area contributed by atoms with Crippen LogP contribution >= 0.6 is 0 Å². The third-order valence-corrected chi connectivity index (χ3v) is 5.06. The van der Waals surface area contributed by atoms with E-state index in [0.29, 0.717) is 11.7 Å². The Hall–Kier alpha value is -1.18. The van der Waals surface area contributed by atoms with E-state index in [0.717, 1.165) is 37.3 Å². The predicted octanol–water partition coefficient (Wildman–Crippen LogP) is 3.90. The number of aryl methyl sites for hydroxylation is 1. The topological polar surface area (TPSA) is 30.0 Å². The van der Waals surface area contributed by atoms with Crippen LogP contribution in [0.3, 0.4) is 0 Å². The number of ketones is 1. The van der Waals surface area contributed by atoms with Crippen molar-refractivity contribution in [2.24, 2.45) is 11.8 Å². The molecule has 102 valence electrons. The predicted molar refractivity (Wildman–Crippen MR) is 76.0 cm³/mol. The van der Waals surface area contributed by atoms with E-state index in [2.05, 4.69) is 18.0 Å². The molecule has 1 aromatic heterocycles. The Morgan fingerprint density at radius 2 is 2.26 bits per heavy atom. The summed E-state index contributed by atoms with van der Waals surface area (Å²) < 4.78 is 0. The molecule has 0 aromatic carbocycles. The second-order valence-electron chi connectivity index (χ2n) is 6.18. The highest BCUT2D eigenvalue weighted by Crippen LogP contribution is 2.39. The molecule has 0 saturated heterocycles. The molecule has 0 bridgehead atoms. The molecular weight excluding hydrogens is 234 g/mol. The third kappa shape index (κ3) is 2.45. The van der Waals surface area contributed by atoms with Gasteiger partial charge in [0.15, 0.2) is 0 Å². The Balaban J connectivity index is 1.75. The lowest BCUT2D eigenvalue weighted by molar-refractivity contribution is -0.125. The van der Waals surface area contributed by atoms with Crippen molar-refractivity contribution < 1.29 is 4.79 Å². The minimum absolute atomic E-state index is 0.0943. The number of nitrogens with zero attached hydrogens (tertiary/aromatic N) is 1. The van der Waals surface area contributed by atoms with Gasteiger partial charge in [-0.05, 0) is 43.2 Å². The number of fused-ring (bicyclic) bond motifs is 1. The lowest BCUT2D eigenvalue weighted by Gasteiger charge is -2.29. The molecule has 0 spiro atoms. The maximum absolute atomic E-state index is 12.8. The normalized spacial score (nSPS) is 30.1. The fourth-order valence-electron chi connectivity index (χ4n) is 3.89. The largest absolute Gasteiger partial charge is 0.299 e. The maximum atomic E-state index is 12.8. The quantitative estimate of drug-likeness (QED) is 0.822. The molecular formula is C17H23NO. The number of pyridine rings is 1. The molecule has 0 amide bonds. The number of rotatable bonds is 3. The fraction of sp³-hybridized carbons (Fsp3) is 0.647. The van der Waals surface area contributed by atoms with Gasteiger partial charge in [-0.15, -0.1) is 0 Å². The zero-order valence-electron chi connectivity index (χ0n) is 11.8. The summed E-state index contributed by atoms with van der Waals surface area (Å²) in [5, 5.41) is 0. The van der Waals surface area contributed by atoms with Crippen LogP contribution < -0.4 is 0 Å². The summed E-state index contributed by atoms with van der Waals surface area (Å²) in [5.41, 5.74) is 2.37. The zero-order valence-corrected chi connectivity index (χ0v) is 11.8. The van der Waals surface area contributed by atoms with E-state index in [1.165, 1.54) is 24.8 Å². The van der Waals surface area contributed by atoms with Gasteiger partial charge in [0.05, 0.1) is 11.6 Å². The third-order valence-electron chi connectivity index (χ3n) is 5.06. The van der Waals surface area contributed by atoms with Crippen molar-refractivity contribution in [3.63, 3.8) is 0 Å². The van der Waals surface area contributed by atoms with Gasteiger partial charge >= 0.3 is 0 Å². The van der Waals surface area contributed by atoms with Gasteiger partial charge in [-0.2, -0.15) is 0 Å². The molecule has 19 heavy (non-hydrogen) atoms. The fourth-order valence-corrected chi connectivity index (χ4v) is 3.89. The first kappa shape index (κ1) is 12.8. The molecule has 1 fully saturated rings. The van der Waals surface area contributed by atoms with Crippen LogP contribution in [0.1, 0.15) is 62.6 Å². The van der Waals surface area contributed by atoms with Gasteiger partial charge in [0.25, 0.3) is 0 Å². The highest BCUT2D eigenvalue weighted by Gasteiger charge is 2.35. The number of Topliss-reactive ketones (excluding diaryl/α,β-unsaturated/α-hetero) is 1. The number of hydrogen-bond donors (Lipinski definition) is 0. The SMILES string of the molecule is CCC1CCCC(C(=O)C2CCc3cccnc32)C1. The lowest BCUT2D eigenvalue weighted by atomic mass is 9.75. The van der Waals surface area contributed by atoms with E-state index in [1.807, 2.05) is 12.3 Å². The van der Waals surface area contributed by atoms with E-state index < -0.39 is 0 Å². The number of hydrogen-bond acceptors (Lipinski definition) is 2. The number of carbonyl (C=O) groups excluding carboxylic acids is 1. The molecule has 2 heteroatoms. The van der Waals surface area contributed by atoms with Crippen molar-refractivity contribution >= 4 is 5.78 Å². The van der Waals surface area contributed by atoms with Crippen LogP contribution in [0.15, 0.2) is 18.3 Å². The smallest absolute Gasteiger partial charge is 0.145 e. The van der Waals surface area contributed by atoms with Gasteiger partial charge in [-0.3, -0.25) is 9.78 Å². The molecule has 2 nitrogen and oxygen atoms in total. The van der Waals surface area contributed by atoms with E-state index in [1.54, 1.807) is 0 Å². The molecule has 0 aliphatic heterocycles. The van der Waals surface area contributed by atoms with Crippen molar-refractivity contribution in [2.45, 2.75) is 57.8 Å². The summed E-state index contributed by atoms with van der Waals surface area (Å²) in [6, 6.07) is 4.12. The van der Waals surface area contributed by atoms with E-state index >= 15 is 0 Å². The first-order chi connectivity index (χ1) is 9.29. The number of carbonyl (C=O) groups is 1. The molecule has 2 aliphatic rings. The highest BCUT2D eigenvalue weighted by molar-refractivity contribution is 5.88. The van der Waals surface area contributed by atoms with E-state index in [4.69, 9.17) is 0 Å². The van der Waals surface area contributed by atoms with Gasteiger partial charge in [0, 0.05) is 12.1 Å². The summed E-state index contributed by atoms with van der Waals surface area (Å²) in [5.74, 6) is 1.65. The molecule has 2 aliphatic carbocycles. The van der Waals surface area contributed by atoms with Gasteiger partial charge in [0.1, 0.15) is 5.78 Å². The Labute approximate surface area is 115 Å². The van der Waals surface area contributed by atoms with Gasteiger partial charge < -0.3 is 0 Å². The minimum atomic E-state index is 0.0943. The van der Waals surface area contributed by atoms with Crippen LogP contribution in [0.4, 0.5) is 0 Å². The number of aromatic nitrogens is 1. The maximum Gasteiger partial charge on any atom is 0.145 e. The Kier molecular flexibility index (Phi) is 3.67. The molecule has 3 atom stereocenters. The lowest BCUT2D eigenvalue weighted by Crippen LogP contribution is -2.26. The van der Waals surface area contributed by atoms with Crippen molar-refractivity contribution in [1.29, 1.82) is 0 Å². The first-order valence-corrected chi connectivity index (χ1v) is 7.77. The molecule has 3 rings (SSSR count). The van der Waals surface area contributed by atoms with Crippen LogP contribution in [0.25, 0.3) is 0 Å². The molecule has 1 heterocycles. The summed E-state index contributed by atoms with van der Waals surface area (Å²) in [7, 11) is 0. The van der Waals surface area contributed by atoms with Crippen LogP contribution in [0.5, 0.6) is 0 Å². The zero-order chi connectivity index (χ0) is 13.2. The first-order valence-electron chi connectivity index (χ1n) is 7.77. The Morgan fingerprint density at radius 1 is 1.37 bits per heavy atom. The van der Waals surface area contributed by atoms with E-state index in [9.17, 15) is 4.79 Å². The molecule has 0 N–H and O–H groups in total. The highest BCUT2D eigenvalue weighted by atomic mass is 16.1. The summed E-state index contributed by atoms with van der Waals surface area (Å²) in [6.07, 6.45) is 9.85. The molecule has 0 radical (unpaired) electrons. The summed E-state index contributed by atoms with van der Waals surface area (Å²) in [4.78, 5) is 17.3. The monoisotopic (exact) mass is 257 g/mol. The standard InChI is InChI=1S/C17H23NO/c1-2-12-5-3-6-14(11-12)17(19)15-9-8-13-7-4-10-18-16(13)15/h4,7,10,12,14-15H,2-3,5-6,8-9,11H2,1H3. The average Bonchev–Trinajstić information content (AvgIpc) is 2.90.